The predicted octanol–water partition coefficient (Wildman–Crippen LogP) is 3.33. The van der Waals surface area contributed by atoms with Gasteiger partial charge in [-0.2, -0.15) is 0 Å². The second kappa shape index (κ2) is 7.17. The van der Waals surface area contributed by atoms with Crippen LogP contribution < -0.4 is 4.74 Å². The zero-order valence-corrected chi connectivity index (χ0v) is 16.3. The van der Waals surface area contributed by atoms with Crippen molar-refractivity contribution in [3.8, 4) is 11.5 Å². The van der Waals surface area contributed by atoms with Crippen LogP contribution >= 0.6 is 0 Å². The van der Waals surface area contributed by atoms with Crippen LogP contribution in [0.4, 0.5) is 0 Å². The third kappa shape index (κ3) is 3.56. The number of phenols is 1. The average molecular weight is 388 g/mol. The van der Waals surface area contributed by atoms with E-state index in [-0.39, 0.29) is 23.6 Å². The minimum atomic E-state index is -3.22. The van der Waals surface area contributed by atoms with Gasteiger partial charge in [0, 0.05) is 5.56 Å². The minimum Gasteiger partial charge on any atom is -0.508 e. The summed E-state index contributed by atoms with van der Waals surface area (Å²) in [5.74, 6) is 0.976. The van der Waals surface area contributed by atoms with Crippen LogP contribution in [0.15, 0.2) is 47.4 Å². The topological polar surface area (TPSA) is 66.8 Å². The van der Waals surface area contributed by atoms with Gasteiger partial charge < -0.3 is 9.84 Å². The van der Waals surface area contributed by atoms with Gasteiger partial charge in [-0.25, -0.2) is 8.42 Å². The maximum atomic E-state index is 12.0. The minimum absolute atomic E-state index is 0.0829. The van der Waals surface area contributed by atoms with E-state index in [0.717, 1.165) is 25.1 Å². The number of hydrogen-bond donors (Lipinski definition) is 1. The Labute approximate surface area is 160 Å². The molecule has 0 aromatic heterocycles. The van der Waals surface area contributed by atoms with Crippen molar-refractivity contribution in [3.63, 3.8) is 0 Å². The summed E-state index contributed by atoms with van der Waals surface area (Å²) in [6.45, 7) is 3.78. The molecule has 27 heavy (non-hydrogen) atoms. The van der Waals surface area contributed by atoms with E-state index >= 15 is 0 Å². The van der Waals surface area contributed by atoms with E-state index in [1.807, 2.05) is 6.07 Å². The van der Waals surface area contributed by atoms with E-state index in [0.29, 0.717) is 10.6 Å². The van der Waals surface area contributed by atoms with Crippen LogP contribution in [0.1, 0.15) is 37.0 Å². The van der Waals surface area contributed by atoms with E-state index in [4.69, 9.17) is 4.74 Å². The Morgan fingerprint density at radius 3 is 2.48 bits per heavy atom. The molecule has 144 valence electrons. The summed E-state index contributed by atoms with van der Waals surface area (Å²) in [6, 6.07) is 12.4. The van der Waals surface area contributed by atoms with Crippen molar-refractivity contribution >= 4 is 9.84 Å². The fourth-order valence-corrected chi connectivity index (χ4v) is 5.03. The van der Waals surface area contributed by atoms with Gasteiger partial charge in [0.2, 0.25) is 0 Å². The smallest absolute Gasteiger partial charge is 0.178 e. The third-order valence-electron chi connectivity index (χ3n) is 5.65. The van der Waals surface area contributed by atoms with E-state index in [1.165, 1.54) is 18.4 Å². The predicted molar refractivity (Wildman–Crippen MR) is 104 cm³/mol. The van der Waals surface area contributed by atoms with Crippen LogP contribution in [-0.4, -0.2) is 43.3 Å². The lowest BCUT2D eigenvalue weighted by Crippen LogP contribution is -2.38. The van der Waals surface area contributed by atoms with Gasteiger partial charge in [0.05, 0.1) is 16.7 Å². The molecule has 1 fully saturated rings. The molecule has 0 radical (unpaired) electrons. The van der Waals surface area contributed by atoms with Crippen LogP contribution in [-0.2, 0) is 16.3 Å². The molecular weight excluding hydrogens is 362 g/mol. The maximum absolute atomic E-state index is 12.0. The summed E-state index contributed by atoms with van der Waals surface area (Å²) in [7, 11) is -3.22. The van der Waals surface area contributed by atoms with Gasteiger partial charge in [-0.1, -0.05) is 13.0 Å². The summed E-state index contributed by atoms with van der Waals surface area (Å²) >= 11 is 0. The van der Waals surface area contributed by atoms with Gasteiger partial charge in [0.15, 0.2) is 9.84 Å². The van der Waals surface area contributed by atoms with Crippen LogP contribution in [0, 0.1) is 0 Å². The molecule has 0 bridgehead atoms. The second-order valence-corrected chi connectivity index (χ2v) is 9.59. The molecule has 0 amide bonds. The van der Waals surface area contributed by atoms with Gasteiger partial charge in [-0.05, 0) is 74.3 Å². The average Bonchev–Trinajstić information content (AvgIpc) is 3.31. The normalized spacial score (nSPS) is 22.7. The first kappa shape index (κ1) is 18.3. The highest BCUT2D eigenvalue weighted by atomic mass is 32.2. The largest absolute Gasteiger partial charge is 0.508 e. The molecule has 1 saturated heterocycles. The monoisotopic (exact) mass is 387 g/mol. The molecule has 2 atom stereocenters. The molecule has 2 aliphatic rings. The van der Waals surface area contributed by atoms with E-state index in [2.05, 4.69) is 4.90 Å². The zero-order chi connectivity index (χ0) is 19.0. The Balaban J connectivity index is 1.62. The summed E-state index contributed by atoms with van der Waals surface area (Å²) in [5.41, 5.74) is 2.23. The van der Waals surface area contributed by atoms with Crippen LogP contribution in [0.5, 0.6) is 11.5 Å². The van der Waals surface area contributed by atoms with Crippen molar-refractivity contribution in [1.82, 2.24) is 4.90 Å². The number of rotatable bonds is 5. The molecule has 1 N–H and O–H groups in total. The molecule has 5 nitrogen and oxygen atoms in total. The Hall–Kier alpha value is -2.05. The van der Waals surface area contributed by atoms with Crippen molar-refractivity contribution in [3.05, 3.63) is 53.6 Å². The summed E-state index contributed by atoms with van der Waals surface area (Å²) in [5, 5.41) is 9.95. The fourth-order valence-electron chi connectivity index (χ4n) is 4.15. The number of ether oxygens (including phenoxy) is 1. The van der Waals surface area contributed by atoms with Crippen LogP contribution in [0.2, 0.25) is 0 Å². The van der Waals surface area contributed by atoms with Crippen molar-refractivity contribution in [2.45, 2.75) is 43.2 Å². The number of likely N-dealkylation sites (tertiary alicyclic amines) is 1. The second-order valence-electron chi connectivity index (χ2n) is 7.31. The zero-order valence-electron chi connectivity index (χ0n) is 15.5. The van der Waals surface area contributed by atoms with E-state index < -0.39 is 9.84 Å². The molecule has 6 heteroatoms. The first-order valence-electron chi connectivity index (χ1n) is 9.53. The van der Waals surface area contributed by atoms with Crippen molar-refractivity contribution in [2.24, 2.45) is 0 Å². The third-order valence-corrected chi connectivity index (χ3v) is 7.40. The van der Waals surface area contributed by atoms with Crippen molar-refractivity contribution < 1.29 is 18.3 Å². The van der Waals surface area contributed by atoms with E-state index in [1.54, 1.807) is 43.3 Å². The van der Waals surface area contributed by atoms with E-state index in [9.17, 15) is 13.5 Å². The van der Waals surface area contributed by atoms with Gasteiger partial charge in [-0.3, -0.25) is 4.90 Å². The first-order chi connectivity index (χ1) is 13.0. The lowest BCUT2D eigenvalue weighted by Gasteiger charge is -2.30. The lowest BCUT2D eigenvalue weighted by molar-refractivity contribution is 0.0939. The number of phenolic OH excluding ortho intramolecular Hbond substituents is 1. The molecule has 1 aliphatic heterocycles. The number of nitrogens with zero attached hydrogens (tertiary/aromatic N) is 1. The van der Waals surface area contributed by atoms with Gasteiger partial charge in [0.1, 0.15) is 17.6 Å². The fraction of sp³-hybridized carbons (Fsp3) is 0.429. The van der Waals surface area contributed by atoms with Gasteiger partial charge in [-0.15, -0.1) is 0 Å². The number of sulfone groups is 1. The van der Waals surface area contributed by atoms with Crippen molar-refractivity contribution in [2.75, 3.05) is 18.8 Å². The Bertz CT molecular complexity index is 918. The highest BCUT2D eigenvalue weighted by Gasteiger charge is 2.39. The Morgan fingerprint density at radius 2 is 1.81 bits per heavy atom. The molecule has 0 spiro atoms. The molecule has 2 aromatic rings. The summed E-state index contributed by atoms with van der Waals surface area (Å²) in [6.07, 6.45) is 3.14. The Kier molecular flexibility index (Phi) is 4.86. The number of aromatic hydroxyl groups is 1. The highest BCUT2D eigenvalue weighted by molar-refractivity contribution is 7.91. The molecule has 1 aliphatic carbocycles. The SMILES string of the molecule is CCS(=O)(=O)c1ccc(OC2c3cc(O)ccc3CC2N2CCCC2)cc1. The Morgan fingerprint density at radius 1 is 1.11 bits per heavy atom. The van der Waals surface area contributed by atoms with Crippen LogP contribution in [0.3, 0.4) is 0 Å². The van der Waals surface area contributed by atoms with Gasteiger partial charge >= 0.3 is 0 Å². The standard InChI is InChI=1S/C21H25NO4S/c1-2-27(24,25)18-9-7-17(8-10-18)26-21-19-14-16(23)6-5-15(19)13-20(21)22-11-3-4-12-22/h5-10,14,20-21,23H,2-4,11-13H2,1H3. The molecule has 2 unspecified atom stereocenters. The molecule has 1 heterocycles. The number of benzene rings is 2. The van der Waals surface area contributed by atoms with Crippen LogP contribution in [0.25, 0.3) is 0 Å². The molecule has 2 aromatic carbocycles. The molecule has 0 saturated carbocycles. The number of fused-ring (bicyclic) bond motifs is 1. The molecular formula is C21H25NO4S. The quantitative estimate of drug-likeness (QED) is 0.852. The van der Waals surface area contributed by atoms with Crippen molar-refractivity contribution in [1.29, 1.82) is 0 Å². The highest BCUT2D eigenvalue weighted by Crippen LogP contribution is 2.40. The maximum Gasteiger partial charge on any atom is 0.178 e. The molecule has 4 rings (SSSR count). The lowest BCUT2D eigenvalue weighted by atomic mass is 10.1. The van der Waals surface area contributed by atoms with Gasteiger partial charge in [0.25, 0.3) is 0 Å². The number of hydrogen-bond acceptors (Lipinski definition) is 5. The summed E-state index contributed by atoms with van der Waals surface area (Å²) < 4.78 is 30.4. The summed E-state index contributed by atoms with van der Waals surface area (Å²) in [4.78, 5) is 2.79. The first-order valence-corrected chi connectivity index (χ1v) is 11.2.